The number of anilines is 1. The topological polar surface area (TPSA) is 70.7 Å². The maximum absolute atomic E-state index is 12.6. The zero-order valence-electron chi connectivity index (χ0n) is 15.7. The van der Waals surface area contributed by atoms with Gasteiger partial charge in [-0.3, -0.25) is 9.59 Å². The number of methoxy groups -OCH3 is 1. The Bertz CT molecular complexity index is 628. The smallest absolute Gasteiger partial charge is 0.227 e. The van der Waals surface area contributed by atoms with Crippen LogP contribution < -0.4 is 15.4 Å². The van der Waals surface area contributed by atoms with Gasteiger partial charge in [0.25, 0.3) is 0 Å². The Morgan fingerprint density at radius 1 is 1.15 bits per heavy atom. The van der Waals surface area contributed by atoms with Crippen LogP contribution in [0.25, 0.3) is 0 Å². The van der Waals surface area contributed by atoms with Crippen molar-refractivity contribution in [2.24, 2.45) is 11.8 Å². The molecule has 1 aromatic rings. The molecule has 0 bridgehead atoms. The van der Waals surface area contributed by atoms with E-state index in [0.29, 0.717) is 35.8 Å². The number of ether oxygens (including phenoxy) is 1. The summed E-state index contributed by atoms with van der Waals surface area (Å²) in [6, 6.07) is 5.13. The zero-order valence-corrected chi connectivity index (χ0v) is 16.4. The molecule has 0 spiro atoms. The number of amides is 2. The van der Waals surface area contributed by atoms with Crippen LogP contribution in [0.4, 0.5) is 5.69 Å². The predicted octanol–water partition coefficient (Wildman–Crippen LogP) is 2.77. The minimum atomic E-state index is -0.0930. The molecule has 0 atom stereocenters. The Morgan fingerprint density at radius 2 is 1.77 bits per heavy atom. The van der Waals surface area contributed by atoms with Crippen molar-refractivity contribution < 1.29 is 14.3 Å². The first-order valence-electron chi connectivity index (χ1n) is 8.97. The van der Waals surface area contributed by atoms with Crippen molar-refractivity contribution in [2.75, 3.05) is 39.6 Å². The quantitative estimate of drug-likeness (QED) is 0.761. The van der Waals surface area contributed by atoms with E-state index in [1.54, 1.807) is 25.3 Å². The third-order valence-electron chi connectivity index (χ3n) is 4.75. The van der Waals surface area contributed by atoms with Crippen LogP contribution in [0.2, 0.25) is 5.02 Å². The SMILES string of the molecule is COc1ccc(Cl)cc1NC(=O)C1CCC(C(=O)NCCN(C)C)CC1. The van der Waals surface area contributed by atoms with Crippen LogP contribution in [0.5, 0.6) is 5.75 Å². The van der Waals surface area contributed by atoms with Crippen molar-refractivity contribution in [3.05, 3.63) is 23.2 Å². The Balaban J connectivity index is 1.83. The molecule has 1 saturated carbocycles. The Hall–Kier alpha value is -1.79. The van der Waals surface area contributed by atoms with E-state index in [0.717, 1.165) is 19.4 Å². The van der Waals surface area contributed by atoms with Gasteiger partial charge >= 0.3 is 0 Å². The number of benzene rings is 1. The number of hydrogen-bond donors (Lipinski definition) is 2. The molecule has 144 valence electrons. The van der Waals surface area contributed by atoms with E-state index in [-0.39, 0.29) is 23.7 Å². The van der Waals surface area contributed by atoms with E-state index >= 15 is 0 Å². The number of carbonyl (C=O) groups excluding carboxylic acids is 2. The van der Waals surface area contributed by atoms with Crippen LogP contribution in [0.1, 0.15) is 25.7 Å². The lowest BCUT2D eigenvalue weighted by Gasteiger charge is -2.27. The maximum Gasteiger partial charge on any atom is 0.227 e. The number of nitrogens with zero attached hydrogens (tertiary/aromatic N) is 1. The second-order valence-corrected chi connectivity index (χ2v) is 7.41. The average Bonchev–Trinajstić information content (AvgIpc) is 2.61. The Morgan fingerprint density at radius 3 is 2.35 bits per heavy atom. The van der Waals surface area contributed by atoms with Crippen molar-refractivity contribution in [1.82, 2.24) is 10.2 Å². The van der Waals surface area contributed by atoms with E-state index in [4.69, 9.17) is 16.3 Å². The molecule has 0 saturated heterocycles. The van der Waals surface area contributed by atoms with Gasteiger partial charge in [0.15, 0.2) is 0 Å². The first kappa shape index (κ1) is 20.5. The van der Waals surface area contributed by atoms with Crippen LogP contribution in [-0.4, -0.2) is 51.0 Å². The number of hydrogen-bond acceptors (Lipinski definition) is 4. The molecule has 6 nitrogen and oxygen atoms in total. The van der Waals surface area contributed by atoms with Crippen molar-refractivity contribution in [3.63, 3.8) is 0 Å². The second-order valence-electron chi connectivity index (χ2n) is 6.98. The van der Waals surface area contributed by atoms with Gasteiger partial charge in [0, 0.05) is 29.9 Å². The molecule has 0 aromatic heterocycles. The van der Waals surface area contributed by atoms with Gasteiger partial charge in [-0.1, -0.05) is 11.6 Å². The van der Waals surface area contributed by atoms with Crippen molar-refractivity contribution >= 4 is 29.1 Å². The van der Waals surface area contributed by atoms with E-state index in [2.05, 4.69) is 10.6 Å². The molecule has 2 rings (SSSR count). The lowest BCUT2D eigenvalue weighted by molar-refractivity contribution is -0.128. The Labute approximate surface area is 160 Å². The highest BCUT2D eigenvalue weighted by molar-refractivity contribution is 6.31. The van der Waals surface area contributed by atoms with E-state index < -0.39 is 0 Å². The molecule has 2 amide bonds. The maximum atomic E-state index is 12.6. The zero-order chi connectivity index (χ0) is 19.1. The van der Waals surface area contributed by atoms with E-state index in [1.807, 2.05) is 19.0 Å². The van der Waals surface area contributed by atoms with Gasteiger partial charge in [0.2, 0.25) is 11.8 Å². The molecule has 2 N–H and O–H groups in total. The second kappa shape index (κ2) is 9.78. The highest BCUT2D eigenvalue weighted by Gasteiger charge is 2.30. The van der Waals surface area contributed by atoms with Gasteiger partial charge in [0.05, 0.1) is 12.8 Å². The van der Waals surface area contributed by atoms with Crippen molar-refractivity contribution in [2.45, 2.75) is 25.7 Å². The van der Waals surface area contributed by atoms with Gasteiger partial charge < -0.3 is 20.3 Å². The fourth-order valence-corrected chi connectivity index (χ4v) is 3.35. The summed E-state index contributed by atoms with van der Waals surface area (Å²) in [4.78, 5) is 26.8. The van der Waals surface area contributed by atoms with Crippen molar-refractivity contribution in [3.8, 4) is 5.75 Å². The molecule has 1 aliphatic rings. The fourth-order valence-electron chi connectivity index (χ4n) is 3.18. The van der Waals surface area contributed by atoms with E-state index in [1.165, 1.54) is 0 Å². The van der Waals surface area contributed by atoms with Crippen LogP contribution in [-0.2, 0) is 9.59 Å². The average molecular weight is 382 g/mol. The molecule has 0 heterocycles. The molecule has 0 unspecified atom stereocenters. The normalized spacial score (nSPS) is 19.9. The Kier molecular flexibility index (Phi) is 7.72. The summed E-state index contributed by atoms with van der Waals surface area (Å²) in [6.45, 7) is 1.48. The highest BCUT2D eigenvalue weighted by Crippen LogP contribution is 2.32. The fraction of sp³-hybridized carbons (Fsp3) is 0.579. The summed E-state index contributed by atoms with van der Waals surface area (Å²) in [5.41, 5.74) is 0.577. The minimum absolute atomic E-state index is 0.00178. The summed E-state index contributed by atoms with van der Waals surface area (Å²) in [6.07, 6.45) is 2.89. The van der Waals surface area contributed by atoms with Crippen molar-refractivity contribution in [1.29, 1.82) is 0 Å². The largest absolute Gasteiger partial charge is 0.495 e. The minimum Gasteiger partial charge on any atom is -0.495 e. The molecular weight excluding hydrogens is 354 g/mol. The summed E-state index contributed by atoms with van der Waals surface area (Å²) in [5.74, 6) is 0.544. The molecular formula is C19H28ClN3O3. The van der Waals surface area contributed by atoms with Gasteiger partial charge in [-0.2, -0.15) is 0 Å². The number of halogens is 1. The number of nitrogens with one attached hydrogen (secondary N) is 2. The first-order valence-corrected chi connectivity index (χ1v) is 9.35. The molecule has 1 aromatic carbocycles. The number of likely N-dealkylation sites (N-methyl/N-ethyl adjacent to an activating group) is 1. The van der Waals surface area contributed by atoms with Gasteiger partial charge in [-0.25, -0.2) is 0 Å². The first-order chi connectivity index (χ1) is 12.4. The van der Waals surface area contributed by atoms with Crippen LogP contribution in [0.3, 0.4) is 0 Å². The van der Waals surface area contributed by atoms with Crippen LogP contribution in [0.15, 0.2) is 18.2 Å². The predicted molar refractivity (Wildman–Crippen MR) is 104 cm³/mol. The molecule has 1 fully saturated rings. The molecule has 0 aliphatic heterocycles. The van der Waals surface area contributed by atoms with Gasteiger partial charge in [-0.05, 0) is 58.0 Å². The summed E-state index contributed by atoms with van der Waals surface area (Å²) < 4.78 is 5.26. The van der Waals surface area contributed by atoms with Gasteiger partial charge in [-0.15, -0.1) is 0 Å². The third-order valence-corrected chi connectivity index (χ3v) is 4.98. The van der Waals surface area contributed by atoms with Crippen LogP contribution in [0, 0.1) is 11.8 Å². The lowest BCUT2D eigenvalue weighted by atomic mass is 9.81. The molecule has 0 radical (unpaired) electrons. The summed E-state index contributed by atoms with van der Waals surface area (Å²) >= 11 is 6.00. The standard InChI is InChI=1S/C19H28ClN3O3/c1-23(2)11-10-21-18(24)13-4-6-14(7-5-13)19(25)22-16-12-15(20)8-9-17(16)26-3/h8-9,12-14H,4-7,10-11H2,1-3H3,(H,21,24)(H,22,25). The summed E-state index contributed by atoms with van der Waals surface area (Å²) in [5, 5.41) is 6.43. The lowest BCUT2D eigenvalue weighted by Crippen LogP contribution is -2.38. The molecule has 26 heavy (non-hydrogen) atoms. The highest BCUT2D eigenvalue weighted by atomic mass is 35.5. The number of rotatable bonds is 7. The monoisotopic (exact) mass is 381 g/mol. The van der Waals surface area contributed by atoms with Crippen LogP contribution >= 0.6 is 11.6 Å². The van der Waals surface area contributed by atoms with E-state index in [9.17, 15) is 9.59 Å². The molecule has 7 heteroatoms. The molecule has 1 aliphatic carbocycles. The third kappa shape index (κ3) is 5.88. The summed E-state index contributed by atoms with van der Waals surface area (Å²) in [7, 11) is 5.51. The number of carbonyl (C=O) groups is 2. The van der Waals surface area contributed by atoms with Gasteiger partial charge in [0.1, 0.15) is 5.75 Å².